The van der Waals surface area contributed by atoms with Gasteiger partial charge in [-0.25, -0.2) is 36.0 Å². The highest BCUT2D eigenvalue weighted by molar-refractivity contribution is 7.90. The van der Waals surface area contributed by atoms with Crippen LogP contribution in [0.25, 0.3) is 52.0 Å². The van der Waals surface area contributed by atoms with Gasteiger partial charge in [0.1, 0.15) is 31.5 Å². The van der Waals surface area contributed by atoms with Gasteiger partial charge in [0.2, 0.25) is 31.4 Å². The Bertz CT molecular complexity index is 3180. The highest BCUT2D eigenvalue weighted by Gasteiger charge is 2.30. The molecule has 2 aromatic heterocycles. The minimum absolute atomic E-state index is 0.0271. The molecular formula is C49H52N8O9S4. The fraction of sp³-hybridized carbons (Fsp3) is 0.367. The number of fused-ring (bicyclic) bond motifs is 2. The maximum Gasteiger partial charge on any atom is 0.322 e. The molecule has 366 valence electrons. The topological polar surface area (TPSA) is 218 Å². The average Bonchev–Trinajstić information content (AvgIpc) is 4.03. The van der Waals surface area contributed by atoms with Crippen molar-refractivity contribution in [2.75, 3.05) is 25.2 Å². The lowest BCUT2D eigenvalue weighted by molar-refractivity contribution is -0.137. The van der Waals surface area contributed by atoms with Crippen molar-refractivity contribution in [1.82, 2.24) is 29.8 Å². The molecular weight excluding hydrogens is 973 g/mol. The second kappa shape index (κ2) is 22.7. The zero-order valence-corrected chi connectivity index (χ0v) is 42.4. The molecule has 2 atom stereocenters. The smallest absolute Gasteiger partial charge is 0.322 e. The number of aliphatic hydroxyl groups excluding tert-OH is 1. The summed E-state index contributed by atoms with van der Waals surface area (Å²) in [6.07, 6.45) is 4.49. The minimum Gasteiger partial charge on any atom is -0.502 e. The van der Waals surface area contributed by atoms with Crippen molar-refractivity contribution in [3.63, 3.8) is 0 Å². The molecule has 70 heavy (non-hydrogen) atoms. The van der Waals surface area contributed by atoms with E-state index in [0.717, 1.165) is 82.3 Å². The Morgan fingerprint density at radius 1 is 0.700 bits per heavy atom. The molecule has 0 unspecified atom stereocenters. The quantitative estimate of drug-likeness (QED) is 0.0609. The SMILES string of the molecule is [C-]#[N+]c1cc(-c2nnc(-c3cccc4c3CCC[C@H]4NS(=O)(=O)CC(=O)OC)s2)ccc1OC(C)C.[C-]#[N+]c1cc(-c2nnc(-c3cccc4c3CCC[C@H]4NS(=O)(=O)CCO)s2)ccc1OC(C)C. The number of nitrogens with one attached hydrogen (secondary N) is 2. The molecule has 4 aromatic carbocycles. The second-order valence-corrected chi connectivity index (χ2v) is 22.6. The Morgan fingerprint density at radius 3 is 1.56 bits per heavy atom. The molecule has 8 rings (SSSR count). The van der Waals surface area contributed by atoms with Gasteiger partial charge in [0.25, 0.3) is 0 Å². The summed E-state index contributed by atoms with van der Waals surface area (Å²) in [5.41, 5.74) is 8.15. The second-order valence-electron chi connectivity index (χ2n) is 17.0. The summed E-state index contributed by atoms with van der Waals surface area (Å²) in [6.45, 7) is 22.2. The fourth-order valence-corrected chi connectivity index (χ4v) is 12.3. The van der Waals surface area contributed by atoms with Crippen LogP contribution in [0, 0.1) is 13.1 Å². The number of methoxy groups -OCH3 is 1. The van der Waals surface area contributed by atoms with Crippen molar-refractivity contribution in [1.29, 1.82) is 0 Å². The Kier molecular flexibility index (Phi) is 16.8. The third kappa shape index (κ3) is 12.6. The Morgan fingerprint density at radius 2 is 1.14 bits per heavy atom. The molecule has 21 heteroatoms. The average molecular weight is 1030 g/mol. The van der Waals surface area contributed by atoms with Crippen molar-refractivity contribution in [3.05, 3.63) is 118 Å². The first-order chi connectivity index (χ1) is 33.5. The number of aliphatic hydroxyl groups is 1. The number of hydrogen-bond donors (Lipinski definition) is 3. The van der Waals surface area contributed by atoms with Crippen molar-refractivity contribution in [2.24, 2.45) is 0 Å². The van der Waals surface area contributed by atoms with Gasteiger partial charge in [-0.05, 0) is 113 Å². The number of nitrogens with zero attached hydrogens (tertiary/aromatic N) is 6. The molecule has 6 aromatic rings. The minimum atomic E-state index is -3.85. The normalized spacial score (nSPS) is 15.5. The molecule has 2 aliphatic rings. The number of hydrogen-bond acceptors (Lipinski definition) is 15. The molecule has 0 radical (unpaired) electrons. The first-order valence-corrected chi connectivity index (χ1v) is 27.4. The maximum absolute atomic E-state index is 12.5. The van der Waals surface area contributed by atoms with Crippen LogP contribution in [0.5, 0.6) is 11.5 Å². The number of benzene rings is 4. The molecule has 0 saturated carbocycles. The van der Waals surface area contributed by atoms with Crippen LogP contribution in [0.4, 0.5) is 11.4 Å². The van der Waals surface area contributed by atoms with E-state index in [2.05, 4.69) is 44.3 Å². The van der Waals surface area contributed by atoms with Gasteiger partial charge in [0, 0.05) is 34.3 Å². The number of ether oxygens (including phenoxy) is 3. The summed E-state index contributed by atoms with van der Waals surface area (Å²) in [4.78, 5) is 18.7. The van der Waals surface area contributed by atoms with Gasteiger partial charge in [-0.3, -0.25) is 4.79 Å². The van der Waals surface area contributed by atoms with E-state index in [1.165, 1.54) is 22.7 Å². The summed E-state index contributed by atoms with van der Waals surface area (Å²) >= 11 is 2.85. The molecule has 3 N–H and O–H groups in total. The predicted octanol–water partition coefficient (Wildman–Crippen LogP) is 9.18. The van der Waals surface area contributed by atoms with Crippen LogP contribution in [0.15, 0.2) is 72.8 Å². The van der Waals surface area contributed by atoms with Crippen molar-refractivity contribution >= 4 is 60.1 Å². The van der Waals surface area contributed by atoms with Gasteiger partial charge >= 0.3 is 5.97 Å². The zero-order valence-electron chi connectivity index (χ0n) is 39.1. The van der Waals surface area contributed by atoms with E-state index in [4.69, 9.17) is 27.7 Å². The highest BCUT2D eigenvalue weighted by Crippen LogP contribution is 2.42. The monoisotopic (exact) mass is 1020 g/mol. The molecule has 0 saturated heterocycles. The van der Waals surface area contributed by atoms with E-state index in [-0.39, 0.29) is 24.0 Å². The van der Waals surface area contributed by atoms with Crippen molar-refractivity contribution in [2.45, 2.75) is 90.5 Å². The zero-order chi connectivity index (χ0) is 50.2. The number of sulfonamides is 2. The van der Waals surface area contributed by atoms with Crippen LogP contribution in [-0.4, -0.2) is 85.7 Å². The lowest BCUT2D eigenvalue weighted by Gasteiger charge is -2.27. The van der Waals surface area contributed by atoms with Crippen molar-refractivity contribution in [3.8, 4) is 53.8 Å². The molecule has 17 nitrogen and oxygen atoms in total. The molecule has 2 aliphatic carbocycles. The van der Waals surface area contributed by atoms with Crippen LogP contribution in [0.2, 0.25) is 0 Å². The van der Waals surface area contributed by atoms with Gasteiger partial charge in [0.15, 0.2) is 5.75 Å². The predicted molar refractivity (Wildman–Crippen MR) is 270 cm³/mol. The highest BCUT2D eigenvalue weighted by atomic mass is 32.2. The fourth-order valence-electron chi connectivity index (χ4n) is 8.29. The number of carbonyl (C=O) groups excluding carboxylic acids is 1. The van der Waals surface area contributed by atoms with Crippen LogP contribution in [0.1, 0.15) is 87.7 Å². The summed E-state index contributed by atoms with van der Waals surface area (Å²) in [5, 5.41) is 29.4. The largest absolute Gasteiger partial charge is 0.502 e. The number of esters is 1. The van der Waals surface area contributed by atoms with Crippen molar-refractivity contribution < 1.29 is 40.9 Å². The van der Waals surface area contributed by atoms with Gasteiger partial charge in [-0.1, -0.05) is 71.2 Å². The standard InChI is InChI=1S/C25H26N4O5S2.C24H26N4O4S2/c1-15(2)34-22-12-11-16(13-21(22)26-3)24-27-28-25(35-24)19-9-5-8-18-17(19)7-6-10-20(18)29-36(31,32)14-23(30)33-4;1-15(2)32-22-11-10-16(14-21(22)25-3)23-26-27-24(33-23)19-8-4-7-18-17(19)6-5-9-20(18)28-34(30,31)13-12-29/h5,8-9,11-13,15,20,29H,6-7,10,14H2,1-2,4H3;4,7-8,10-11,14-15,20,28-29H,5-6,9,12-13H2,1-2H3/t2*20-/m11/s1. The first-order valence-electron chi connectivity index (χ1n) is 22.5. The first kappa shape index (κ1) is 51.7. The van der Waals surface area contributed by atoms with E-state index in [9.17, 15) is 21.6 Å². The molecule has 2 heterocycles. The molecule has 0 spiro atoms. The number of aromatic nitrogens is 4. The molecule has 0 aliphatic heterocycles. The third-order valence-corrected chi connectivity index (χ3v) is 15.9. The summed E-state index contributed by atoms with van der Waals surface area (Å²) in [5.74, 6) is -0.760. The van der Waals surface area contributed by atoms with E-state index in [1.54, 1.807) is 24.3 Å². The van der Waals surface area contributed by atoms with Gasteiger partial charge in [0.05, 0.1) is 44.8 Å². The number of carbonyl (C=O) groups is 1. The number of rotatable bonds is 16. The molecule has 0 amide bonds. The van der Waals surface area contributed by atoms with Crippen LogP contribution in [0.3, 0.4) is 0 Å². The summed E-state index contributed by atoms with van der Waals surface area (Å²) in [7, 11) is -6.25. The van der Waals surface area contributed by atoms with E-state index < -0.39 is 44.4 Å². The van der Waals surface area contributed by atoms with E-state index >= 15 is 0 Å². The van der Waals surface area contributed by atoms with Crippen LogP contribution >= 0.6 is 22.7 Å². The van der Waals surface area contributed by atoms with Crippen LogP contribution < -0.4 is 18.9 Å². The Labute approximate surface area is 416 Å². The van der Waals surface area contributed by atoms with Gasteiger partial charge in [-0.15, -0.1) is 20.4 Å². The lowest BCUT2D eigenvalue weighted by Crippen LogP contribution is -2.35. The maximum atomic E-state index is 12.5. The van der Waals surface area contributed by atoms with Crippen LogP contribution in [-0.2, 0) is 42.4 Å². The summed E-state index contributed by atoms with van der Waals surface area (Å²) in [6, 6.07) is 21.6. The van der Waals surface area contributed by atoms with Gasteiger partial charge in [-0.2, -0.15) is 0 Å². The molecule has 0 bridgehead atoms. The van der Waals surface area contributed by atoms with E-state index in [1.807, 2.05) is 76.2 Å². The molecule has 0 fully saturated rings. The van der Waals surface area contributed by atoms with E-state index in [0.29, 0.717) is 50.7 Å². The van der Waals surface area contributed by atoms with Gasteiger partial charge < -0.3 is 19.3 Å². The lowest BCUT2D eigenvalue weighted by atomic mass is 9.85. The Hall–Kier alpha value is -6.17. The Balaban J connectivity index is 0.000000207. The third-order valence-electron chi connectivity index (χ3n) is 11.2. The summed E-state index contributed by atoms with van der Waals surface area (Å²) < 4.78 is 70.7.